The molecule has 1 aliphatic heterocycles. The summed E-state index contributed by atoms with van der Waals surface area (Å²) in [6.07, 6.45) is 2.05. The highest BCUT2D eigenvalue weighted by molar-refractivity contribution is 9.09. The molecule has 2 aromatic carbocycles. The summed E-state index contributed by atoms with van der Waals surface area (Å²) in [4.78, 5) is -0.127. The molecule has 2 aromatic rings. The summed E-state index contributed by atoms with van der Waals surface area (Å²) >= 11 is 9.67. The first kappa shape index (κ1) is 13.9. The minimum absolute atomic E-state index is 0.127. The lowest BCUT2D eigenvalue weighted by Gasteiger charge is -2.20. The van der Waals surface area contributed by atoms with E-state index in [9.17, 15) is 4.39 Å². The van der Waals surface area contributed by atoms with E-state index in [0.29, 0.717) is 0 Å². The quantitative estimate of drug-likeness (QED) is 0.665. The predicted octanol–water partition coefficient (Wildman–Crippen LogP) is 5.29. The second kappa shape index (κ2) is 5.74. The van der Waals surface area contributed by atoms with Crippen LogP contribution in [0.5, 0.6) is 5.75 Å². The number of ether oxygens (including phenoxy) is 1. The van der Waals surface area contributed by atoms with Crippen molar-refractivity contribution in [1.82, 2.24) is 0 Å². The monoisotopic (exact) mass is 354 g/mol. The van der Waals surface area contributed by atoms with Crippen LogP contribution in [0.1, 0.15) is 27.9 Å². The van der Waals surface area contributed by atoms with Crippen LogP contribution in [-0.2, 0) is 6.42 Å². The summed E-state index contributed by atoms with van der Waals surface area (Å²) in [7, 11) is 0. The van der Waals surface area contributed by atoms with Crippen LogP contribution < -0.4 is 4.74 Å². The van der Waals surface area contributed by atoms with E-state index >= 15 is 0 Å². The molecule has 3 rings (SSSR count). The van der Waals surface area contributed by atoms with Crippen molar-refractivity contribution in [2.45, 2.75) is 17.7 Å². The summed E-state index contributed by atoms with van der Waals surface area (Å²) in [6, 6.07) is 10.9. The summed E-state index contributed by atoms with van der Waals surface area (Å²) in [5.41, 5.74) is 3.00. The summed E-state index contributed by atoms with van der Waals surface area (Å²) in [5, 5.41) is 0.170. The molecule has 0 bridgehead atoms. The molecule has 0 saturated carbocycles. The van der Waals surface area contributed by atoms with Gasteiger partial charge < -0.3 is 4.74 Å². The van der Waals surface area contributed by atoms with Crippen LogP contribution in [0.15, 0.2) is 36.4 Å². The SMILES string of the molecule is Fc1cccc(C(Br)c2ccc3c(c2)CCCO3)c1Cl. The minimum atomic E-state index is -0.394. The first-order valence-corrected chi connectivity index (χ1v) is 7.80. The number of rotatable bonds is 2. The molecule has 20 heavy (non-hydrogen) atoms. The fraction of sp³-hybridized carbons (Fsp3) is 0.250. The molecule has 0 aliphatic carbocycles. The highest BCUT2D eigenvalue weighted by atomic mass is 79.9. The maximum Gasteiger partial charge on any atom is 0.142 e. The van der Waals surface area contributed by atoms with E-state index in [1.54, 1.807) is 6.07 Å². The first-order chi connectivity index (χ1) is 9.66. The molecule has 104 valence electrons. The molecular weight excluding hydrogens is 343 g/mol. The van der Waals surface area contributed by atoms with Crippen molar-refractivity contribution in [2.24, 2.45) is 0 Å². The number of hydrogen-bond acceptors (Lipinski definition) is 1. The van der Waals surface area contributed by atoms with Crippen molar-refractivity contribution >= 4 is 27.5 Å². The van der Waals surface area contributed by atoms with Crippen LogP contribution in [-0.4, -0.2) is 6.61 Å². The van der Waals surface area contributed by atoms with Crippen molar-refractivity contribution in [3.8, 4) is 5.75 Å². The summed E-state index contributed by atoms with van der Waals surface area (Å²) in [5.74, 6) is 0.556. The molecule has 0 spiro atoms. The van der Waals surface area contributed by atoms with Gasteiger partial charge in [-0.15, -0.1) is 0 Å². The van der Waals surface area contributed by atoms with Gasteiger partial charge in [-0.3, -0.25) is 0 Å². The van der Waals surface area contributed by atoms with Gasteiger partial charge in [-0.05, 0) is 41.7 Å². The zero-order chi connectivity index (χ0) is 14.1. The van der Waals surface area contributed by atoms with Gasteiger partial charge in [0.1, 0.15) is 11.6 Å². The van der Waals surface area contributed by atoms with Gasteiger partial charge >= 0.3 is 0 Å². The van der Waals surface area contributed by atoms with Crippen LogP contribution in [0, 0.1) is 5.82 Å². The second-order valence-corrected chi connectivity index (χ2v) is 6.12. The Hall–Kier alpha value is -1.06. The Balaban J connectivity index is 1.98. The standard InChI is InChI=1S/C16H13BrClFO/c17-15(12-4-1-5-13(19)16(12)18)11-6-7-14-10(9-11)3-2-8-20-14/h1,4-7,9,15H,2-3,8H2. The highest BCUT2D eigenvalue weighted by Crippen LogP contribution is 2.38. The Morgan fingerprint density at radius 2 is 2.10 bits per heavy atom. The van der Waals surface area contributed by atoms with Crippen LogP contribution in [0.4, 0.5) is 4.39 Å². The molecule has 0 amide bonds. The van der Waals surface area contributed by atoms with E-state index in [-0.39, 0.29) is 9.85 Å². The number of benzene rings is 2. The van der Waals surface area contributed by atoms with Crippen LogP contribution in [0.25, 0.3) is 0 Å². The third kappa shape index (κ3) is 2.57. The summed E-state index contributed by atoms with van der Waals surface area (Å²) in [6.45, 7) is 0.778. The molecule has 1 nitrogen and oxygen atoms in total. The Labute approximate surface area is 130 Å². The molecule has 1 atom stereocenters. The Morgan fingerprint density at radius 1 is 1.25 bits per heavy atom. The molecule has 1 heterocycles. The predicted molar refractivity (Wildman–Crippen MR) is 82.4 cm³/mol. The number of aryl methyl sites for hydroxylation is 1. The largest absolute Gasteiger partial charge is 0.493 e. The molecule has 4 heteroatoms. The molecule has 1 unspecified atom stereocenters. The van der Waals surface area contributed by atoms with Gasteiger partial charge in [0, 0.05) is 0 Å². The van der Waals surface area contributed by atoms with E-state index in [2.05, 4.69) is 22.0 Å². The number of alkyl halides is 1. The minimum Gasteiger partial charge on any atom is -0.493 e. The van der Waals surface area contributed by atoms with Gasteiger partial charge in [0.15, 0.2) is 0 Å². The van der Waals surface area contributed by atoms with Crippen LogP contribution in [0.2, 0.25) is 5.02 Å². The maximum absolute atomic E-state index is 13.6. The van der Waals surface area contributed by atoms with Gasteiger partial charge in [-0.2, -0.15) is 0 Å². The second-order valence-electron chi connectivity index (χ2n) is 4.82. The molecular formula is C16H13BrClFO. The average Bonchev–Trinajstić information content (AvgIpc) is 2.49. The lowest BCUT2D eigenvalue weighted by atomic mass is 9.99. The number of fused-ring (bicyclic) bond motifs is 1. The Kier molecular flexibility index (Phi) is 3.99. The lowest BCUT2D eigenvalue weighted by Crippen LogP contribution is -2.09. The van der Waals surface area contributed by atoms with Gasteiger partial charge in [-0.1, -0.05) is 51.8 Å². The van der Waals surface area contributed by atoms with Crippen molar-refractivity contribution in [1.29, 1.82) is 0 Å². The van der Waals surface area contributed by atoms with E-state index in [4.69, 9.17) is 16.3 Å². The topological polar surface area (TPSA) is 9.23 Å². The summed E-state index contributed by atoms with van der Waals surface area (Å²) < 4.78 is 19.2. The fourth-order valence-electron chi connectivity index (χ4n) is 2.43. The zero-order valence-electron chi connectivity index (χ0n) is 10.7. The van der Waals surface area contributed by atoms with Crippen molar-refractivity contribution in [2.75, 3.05) is 6.61 Å². The van der Waals surface area contributed by atoms with E-state index in [0.717, 1.165) is 36.3 Å². The fourth-order valence-corrected chi connectivity index (χ4v) is 3.47. The average molecular weight is 356 g/mol. The first-order valence-electron chi connectivity index (χ1n) is 6.50. The molecule has 0 N–H and O–H groups in total. The van der Waals surface area contributed by atoms with Crippen LogP contribution >= 0.6 is 27.5 Å². The lowest BCUT2D eigenvalue weighted by molar-refractivity contribution is 0.288. The highest BCUT2D eigenvalue weighted by Gasteiger charge is 2.18. The number of hydrogen-bond donors (Lipinski definition) is 0. The van der Waals surface area contributed by atoms with Crippen LogP contribution in [0.3, 0.4) is 0 Å². The molecule has 1 aliphatic rings. The van der Waals surface area contributed by atoms with Gasteiger partial charge in [0.25, 0.3) is 0 Å². The molecule has 0 fully saturated rings. The molecule has 0 aromatic heterocycles. The normalized spacial score (nSPS) is 15.3. The van der Waals surface area contributed by atoms with E-state index in [1.807, 2.05) is 18.2 Å². The van der Waals surface area contributed by atoms with Gasteiger partial charge in [0.05, 0.1) is 16.5 Å². The third-order valence-electron chi connectivity index (χ3n) is 3.48. The Bertz CT molecular complexity index is 644. The van der Waals surface area contributed by atoms with Crippen molar-refractivity contribution in [3.63, 3.8) is 0 Å². The third-order valence-corrected chi connectivity index (χ3v) is 4.90. The van der Waals surface area contributed by atoms with Gasteiger partial charge in [-0.25, -0.2) is 4.39 Å². The van der Waals surface area contributed by atoms with Crippen molar-refractivity contribution < 1.29 is 9.13 Å². The van der Waals surface area contributed by atoms with Crippen molar-refractivity contribution in [3.05, 3.63) is 63.9 Å². The molecule has 0 radical (unpaired) electrons. The smallest absolute Gasteiger partial charge is 0.142 e. The van der Waals surface area contributed by atoms with Gasteiger partial charge in [0.2, 0.25) is 0 Å². The number of halogens is 3. The maximum atomic E-state index is 13.6. The zero-order valence-corrected chi connectivity index (χ0v) is 13.0. The Morgan fingerprint density at radius 3 is 2.95 bits per heavy atom. The van der Waals surface area contributed by atoms with E-state index < -0.39 is 5.82 Å². The molecule has 0 saturated heterocycles. The van der Waals surface area contributed by atoms with E-state index in [1.165, 1.54) is 11.6 Å².